The molecule has 7 amide bonds. The largest absolute Gasteiger partial charge is 0.462 e. The minimum absolute atomic E-state index is 0.0104. The Hall–Kier alpha value is -7.41. The number of aryl methyl sites for hydroxylation is 1. The second-order valence-electron chi connectivity index (χ2n) is 25.2. The third kappa shape index (κ3) is 20.8. The zero-order valence-corrected chi connectivity index (χ0v) is 57.1. The Balaban J connectivity index is 1.13. The van der Waals surface area contributed by atoms with E-state index in [4.69, 9.17) is 62.8 Å². The summed E-state index contributed by atoms with van der Waals surface area (Å²) in [4.78, 5) is 139. The number of alkyl halides is 3. The number of carbonyl (C=O) groups is 10. The quantitative estimate of drug-likeness (QED) is 0.0223. The van der Waals surface area contributed by atoms with Crippen LogP contribution in [0.15, 0.2) is 54.1 Å². The Morgan fingerprint density at radius 1 is 0.958 bits per heavy atom. The number of urea groups is 1. The van der Waals surface area contributed by atoms with Gasteiger partial charge in [-0.05, 0) is 87.8 Å². The summed E-state index contributed by atoms with van der Waals surface area (Å²) in [5.41, 5.74) is 2.21. The molecular formula is C66H87ClF3N7O18S. The predicted molar refractivity (Wildman–Crippen MR) is 345 cm³/mol. The van der Waals surface area contributed by atoms with Crippen LogP contribution < -0.4 is 26.6 Å². The molecule has 96 heavy (non-hydrogen) atoms. The van der Waals surface area contributed by atoms with E-state index in [1.165, 1.54) is 26.0 Å². The maximum absolute atomic E-state index is 15.2. The van der Waals surface area contributed by atoms with Crippen LogP contribution in [0.3, 0.4) is 0 Å². The smallest absolute Gasteiger partial charge is 0.417 e. The van der Waals surface area contributed by atoms with Gasteiger partial charge in [0.05, 0.1) is 84.7 Å². The number of esters is 2. The molecule has 30 heteroatoms. The summed E-state index contributed by atoms with van der Waals surface area (Å²) in [5.74, 6) is -8.82. The van der Waals surface area contributed by atoms with Gasteiger partial charge in [0, 0.05) is 78.2 Å². The fraction of sp³-hybridized carbons (Fsp3) is 0.591. The number of nitrogens with two attached hydrogens (primary N) is 1. The van der Waals surface area contributed by atoms with Gasteiger partial charge in [0.2, 0.25) is 11.8 Å². The van der Waals surface area contributed by atoms with Crippen LogP contribution in [0, 0.1) is 24.7 Å². The van der Waals surface area contributed by atoms with E-state index in [-0.39, 0.29) is 112 Å². The highest BCUT2D eigenvalue weighted by atomic mass is 35.5. The number of halogens is 4. The third-order valence-corrected chi connectivity index (χ3v) is 18.3. The van der Waals surface area contributed by atoms with Crippen LogP contribution in [0.25, 0.3) is 0 Å². The second kappa shape index (κ2) is 34.2. The number of fused-ring (bicyclic) bond motifs is 5. The molecule has 0 spiro atoms. The molecule has 0 saturated carbocycles. The van der Waals surface area contributed by atoms with Crippen LogP contribution in [0.2, 0.25) is 5.02 Å². The molecule has 0 aliphatic carbocycles. The number of thiocarbonyl (C=S) groups is 1. The van der Waals surface area contributed by atoms with E-state index in [1.54, 1.807) is 52.8 Å². The summed E-state index contributed by atoms with van der Waals surface area (Å²) in [6.07, 6.45) is -5.66. The first-order chi connectivity index (χ1) is 45.1. The van der Waals surface area contributed by atoms with Crippen molar-refractivity contribution < 1.29 is 99.5 Å². The summed E-state index contributed by atoms with van der Waals surface area (Å²) in [7, 11) is 3.99. The van der Waals surface area contributed by atoms with E-state index >= 15 is 13.2 Å². The molecule has 3 saturated heterocycles. The number of rotatable bonds is 27. The van der Waals surface area contributed by atoms with Gasteiger partial charge in [-0.3, -0.25) is 33.6 Å². The lowest BCUT2D eigenvalue weighted by atomic mass is 9.78. The number of Topliss-reactive ketones (excluding diaryl/α,β-unsaturated/α-hetero) is 1. The Morgan fingerprint density at radius 2 is 1.64 bits per heavy atom. The van der Waals surface area contributed by atoms with Gasteiger partial charge in [0.25, 0.3) is 17.7 Å². The normalized spacial score (nSPS) is 24.1. The summed E-state index contributed by atoms with van der Waals surface area (Å²) in [5, 5.41) is 20.9. The zero-order valence-electron chi connectivity index (χ0n) is 55.6. The maximum atomic E-state index is 15.2. The van der Waals surface area contributed by atoms with E-state index in [2.05, 4.69) is 16.0 Å². The summed E-state index contributed by atoms with van der Waals surface area (Å²) in [6.45, 7) is 12.3. The van der Waals surface area contributed by atoms with Gasteiger partial charge in [-0.25, -0.2) is 14.4 Å². The number of carbonyl (C=O) groups excluding carboxylic acids is 10. The van der Waals surface area contributed by atoms with Crippen molar-refractivity contribution in [2.75, 3.05) is 65.6 Å². The molecule has 3 fully saturated rings. The number of nitrogens with zero attached hydrogens (tertiary/aromatic N) is 3. The Kier molecular flexibility index (Phi) is 27.6. The van der Waals surface area contributed by atoms with Gasteiger partial charge in [-0.15, -0.1) is 5.06 Å². The van der Waals surface area contributed by atoms with Crippen LogP contribution in [-0.2, 0) is 90.6 Å². The Labute approximate surface area is 565 Å². The lowest BCUT2D eigenvalue weighted by Gasteiger charge is -2.41. The van der Waals surface area contributed by atoms with Crippen LogP contribution in [0.1, 0.15) is 132 Å². The highest BCUT2D eigenvalue weighted by Crippen LogP contribution is 2.50. The van der Waals surface area contributed by atoms with Crippen molar-refractivity contribution in [3.63, 3.8) is 0 Å². The number of likely N-dealkylation sites (N-methyl/N-ethyl adjacent to an activating group) is 1. The molecule has 2 aromatic rings. The number of ether oxygens (including phenoxy) is 6. The summed E-state index contributed by atoms with van der Waals surface area (Å²) >= 11 is 12.4. The monoisotopic (exact) mass is 1390 g/mol. The maximum Gasteiger partial charge on any atom is 0.417 e. The first kappa shape index (κ1) is 77.6. The van der Waals surface area contributed by atoms with Gasteiger partial charge in [-0.2, -0.15) is 13.2 Å². The Bertz CT molecular complexity index is 3300. The van der Waals surface area contributed by atoms with Gasteiger partial charge >= 0.3 is 30.1 Å². The van der Waals surface area contributed by atoms with E-state index < -0.39 is 149 Å². The van der Waals surface area contributed by atoms with E-state index in [0.29, 0.717) is 28.8 Å². The van der Waals surface area contributed by atoms with Crippen molar-refractivity contribution in [2.24, 2.45) is 23.5 Å². The summed E-state index contributed by atoms with van der Waals surface area (Å²) in [6, 6.07) is 2.53. The lowest BCUT2D eigenvalue weighted by molar-refractivity contribution is -0.198. The number of hydrogen-bond donors (Lipinski definition) is 5. The number of imide groups is 1. The number of aliphatic hydroxyl groups is 1. The zero-order chi connectivity index (χ0) is 71.1. The molecule has 25 nitrogen and oxygen atoms in total. The van der Waals surface area contributed by atoms with Crippen molar-refractivity contribution in [2.45, 2.75) is 173 Å². The van der Waals surface area contributed by atoms with Gasteiger partial charge in [0.15, 0.2) is 5.78 Å². The molecule has 2 aromatic carbocycles. The van der Waals surface area contributed by atoms with Gasteiger partial charge in [-0.1, -0.05) is 80.5 Å². The molecule has 6 N–H and O–H groups in total. The number of allylic oxidation sites excluding steroid dienone is 3. The van der Waals surface area contributed by atoms with Gasteiger partial charge in [0.1, 0.15) is 35.6 Å². The number of benzene rings is 2. The summed E-state index contributed by atoms with van der Waals surface area (Å²) < 4.78 is 80.4. The second-order valence-corrected chi connectivity index (χ2v) is 26.1. The number of hydroxylamine groups is 2. The number of anilines is 1. The van der Waals surface area contributed by atoms with Crippen molar-refractivity contribution in [1.82, 2.24) is 25.9 Å². The predicted octanol–water partition coefficient (Wildman–Crippen LogP) is 6.05. The molecule has 10 atom stereocenters. The number of hydrogen-bond acceptors (Lipinski definition) is 19. The van der Waals surface area contributed by atoms with Gasteiger partial charge < -0.3 is 69.8 Å². The molecule has 4 heterocycles. The van der Waals surface area contributed by atoms with E-state index in [9.17, 15) is 53.1 Å². The SMILES string of the molecule is CO[C@@H]1/C=C/C=C(\C)Cc2cc(C)c(Cl)c(c2)N(C)C(=O)C[C@H](OC(=O)[C@H](C)N(C)C(=O)c2ccc(CC(=O)[C@H](CCCNC(N)=O)NC(=O)[C@@H](CC(=S)NCCOCCOCCC(=O)ON3C(=O)CCC3=O)C(C)C)cc2C(F)(F)F)[C@]2(C)O[C@H]2[C@H](C)[C@@H]2C[C@@]1(O)CC(=O)O2. The highest BCUT2D eigenvalue weighted by Gasteiger charge is 2.64. The molecule has 0 unspecified atom stereocenters. The molecule has 4 bridgehead atoms. The number of primary amides is 1. The fourth-order valence-electron chi connectivity index (χ4n) is 11.7. The molecule has 4 aliphatic heterocycles. The average Bonchev–Trinajstić information content (AvgIpc) is 1.57. The number of ketones is 1. The van der Waals surface area contributed by atoms with Crippen molar-refractivity contribution in [3.8, 4) is 0 Å². The van der Waals surface area contributed by atoms with Crippen LogP contribution in [-0.4, -0.2) is 188 Å². The van der Waals surface area contributed by atoms with E-state index in [1.807, 2.05) is 19.1 Å². The molecule has 0 radical (unpaired) electrons. The average molecular weight is 1390 g/mol. The standard InChI is InChI=1S/C66H87ClF3N7O18S/c1-36(2)44(32-52(96)72-22-24-91-26-25-90-23-20-56(82)95-77-53(79)18-19-54(77)80)60(84)74-46(14-12-21-73-63(71)87)48(78)31-41-16-17-43(45(29-41)66(68,69)70)61(85)75(8)40(6)62(86)93-51-33-55(81)76(9)47-30-42(28-38(4)58(47)67)27-37(3)13-11-15-50(89-10)65(88)34-49(92-57(83)35-65)39(5)59-64(51,7)94-59/h11,13,15-17,28-30,36,39-40,44,46,49-51,59,88H,12,14,18-27,31-35H2,1-10H3,(H,72,96)(H,74,84)(H3,71,73,87)/b15-11+,37-13+/t39-,40+,44+,46+,49+,50-,51+,59+,64+,65-/m1/s1. The van der Waals surface area contributed by atoms with E-state index in [0.717, 1.165) is 35.2 Å². The number of epoxide rings is 1. The molecular weight excluding hydrogens is 1300 g/mol. The van der Waals surface area contributed by atoms with Crippen LogP contribution in [0.5, 0.6) is 0 Å². The minimum Gasteiger partial charge on any atom is -0.462 e. The molecule has 6 rings (SSSR count). The lowest BCUT2D eigenvalue weighted by Crippen LogP contribution is -2.53. The van der Waals surface area contributed by atoms with Crippen molar-refractivity contribution >= 4 is 93.8 Å². The van der Waals surface area contributed by atoms with Crippen LogP contribution in [0.4, 0.5) is 23.7 Å². The fourth-order valence-corrected chi connectivity index (χ4v) is 12.2. The highest BCUT2D eigenvalue weighted by molar-refractivity contribution is 7.80. The van der Waals surface area contributed by atoms with Crippen molar-refractivity contribution in [1.29, 1.82) is 0 Å². The number of methoxy groups -OCH3 is 1. The molecule has 4 aliphatic rings. The Morgan fingerprint density at radius 3 is 2.28 bits per heavy atom. The topological polar surface area (TPSA) is 331 Å². The molecule has 0 aromatic heterocycles. The number of nitrogens with one attached hydrogen (secondary N) is 3. The number of amides is 7. The molecule has 528 valence electrons. The van der Waals surface area contributed by atoms with Crippen LogP contribution >= 0.6 is 23.8 Å². The first-order valence-electron chi connectivity index (χ1n) is 31.6. The minimum atomic E-state index is -5.20. The first-order valence-corrected chi connectivity index (χ1v) is 32.4. The van der Waals surface area contributed by atoms with Crippen molar-refractivity contribution in [3.05, 3.63) is 87.0 Å². The third-order valence-electron chi connectivity index (χ3n) is 17.5.